The van der Waals surface area contributed by atoms with Gasteiger partial charge in [-0.25, -0.2) is 5.48 Å². The number of hydroxylamine groups is 1. The number of likely N-dealkylation sites (tertiary alicyclic amines) is 1. The van der Waals surface area contributed by atoms with Crippen LogP contribution in [0, 0.1) is 21.3 Å². The predicted octanol–water partition coefficient (Wildman–Crippen LogP) is 7.38. The van der Waals surface area contributed by atoms with Gasteiger partial charge in [0, 0.05) is 22.6 Å². The normalized spacial score (nSPS) is 16.9. The van der Waals surface area contributed by atoms with Crippen molar-refractivity contribution in [3.05, 3.63) is 105 Å². The average Bonchev–Trinajstić information content (AvgIpc) is 3.22. The van der Waals surface area contributed by atoms with Crippen molar-refractivity contribution in [2.75, 3.05) is 6.54 Å². The second-order valence-corrected chi connectivity index (χ2v) is 14.2. The number of nitrogens with one attached hydrogen (secondary N) is 2. The number of benzene rings is 3. The number of rotatable bonds is 14. The molecule has 46 heavy (non-hydrogen) atoms. The number of carbonyl (C=O) groups excluding carboxylic acids is 3. The van der Waals surface area contributed by atoms with Gasteiger partial charge in [-0.1, -0.05) is 100.0 Å². The lowest BCUT2D eigenvalue weighted by atomic mass is 9.81. The summed E-state index contributed by atoms with van der Waals surface area (Å²) in [6.07, 6.45) is 4.08. The quantitative estimate of drug-likeness (QED) is 0.134. The Morgan fingerprint density at radius 3 is 2.17 bits per heavy atom. The summed E-state index contributed by atoms with van der Waals surface area (Å²) in [5.74, 6) is -1.69. The summed E-state index contributed by atoms with van der Waals surface area (Å²) in [5.41, 5.74) is 4.70. The van der Waals surface area contributed by atoms with E-state index in [9.17, 15) is 14.4 Å². The molecule has 3 aromatic carbocycles. The molecule has 0 saturated carbocycles. The smallest absolute Gasteiger partial charge is 0.247 e. The molecule has 1 aliphatic rings. The van der Waals surface area contributed by atoms with Crippen molar-refractivity contribution in [3.63, 3.8) is 0 Å². The van der Waals surface area contributed by atoms with Crippen LogP contribution in [0.15, 0.2) is 84.9 Å². The summed E-state index contributed by atoms with van der Waals surface area (Å²) in [5, 5.41) is 3.11. The first-order chi connectivity index (χ1) is 22.1. The van der Waals surface area contributed by atoms with Crippen molar-refractivity contribution in [1.82, 2.24) is 15.7 Å². The van der Waals surface area contributed by atoms with E-state index >= 15 is 0 Å². The largest absolute Gasteiger partial charge is 0.344 e. The Kier molecular flexibility index (Phi) is 13.2. The van der Waals surface area contributed by atoms with Gasteiger partial charge in [-0.2, -0.15) is 0 Å². The standard InChI is InChI=1S/C38H48IN3O4/c1-5-15-32(36(44)41-46-38(4,29-17-8-6-9-18-29)30-19-10-7-11-20-30)33(24-27(2)3)35(43)40-34-22-12-13-23-42(37(34)45)26-28-16-14-21-31(39)25-28/h6-11,14,16-21,25,27,32-34H,5,12-13,15,22-24,26H2,1-4H3,(H,40,43)(H,41,44). The molecule has 0 radical (unpaired) electrons. The Hall–Kier alpha value is -3.24. The number of hydrogen-bond acceptors (Lipinski definition) is 4. The van der Waals surface area contributed by atoms with Gasteiger partial charge in [0.1, 0.15) is 11.6 Å². The summed E-state index contributed by atoms with van der Waals surface area (Å²) < 4.78 is 1.12. The number of amides is 3. The van der Waals surface area contributed by atoms with Gasteiger partial charge >= 0.3 is 0 Å². The molecule has 3 aromatic rings. The Bertz CT molecular complexity index is 1390. The van der Waals surface area contributed by atoms with Crippen LogP contribution < -0.4 is 10.8 Å². The lowest BCUT2D eigenvalue weighted by Gasteiger charge is -2.33. The topological polar surface area (TPSA) is 87.7 Å². The fourth-order valence-electron chi connectivity index (χ4n) is 6.34. The highest BCUT2D eigenvalue weighted by atomic mass is 127. The lowest BCUT2D eigenvalue weighted by molar-refractivity contribution is -0.155. The van der Waals surface area contributed by atoms with E-state index in [2.05, 4.69) is 53.3 Å². The lowest BCUT2D eigenvalue weighted by Crippen LogP contribution is -2.51. The zero-order valence-electron chi connectivity index (χ0n) is 27.5. The van der Waals surface area contributed by atoms with Gasteiger partial charge in [0.2, 0.25) is 17.7 Å². The number of halogens is 1. The summed E-state index contributed by atoms with van der Waals surface area (Å²) in [7, 11) is 0. The second kappa shape index (κ2) is 17.1. The minimum atomic E-state index is -0.947. The van der Waals surface area contributed by atoms with Gasteiger partial charge in [-0.3, -0.25) is 19.2 Å². The molecule has 3 atom stereocenters. The first kappa shape index (κ1) is 35.6. The molecule has 0 aromatic heterocycles. The van der Waals surface area contributed by atoms with Gasteiger partial charge in [0.15, 0.2) is 0 Å². The van der Waals surface area contributed by atoms with Crippen LogP contribution in [0.4, 0.5) is 0 Å². The van der Waals surface area contributed by atoms with Crippen molar-refractivity contribution in [1.29, 1.82) is 0 Å². The van der Waals surface area contributed by atoms with E-state index in [4.69, 9.17) is 4.84 Å². The molecule has 1 saturated heterocycles. The van der Waals surface area contributed by atoms with Crippen LogP contribution in [0.5, 0.6) is 0 Å². The highest BCUT2D eigenvalue weighted by Crippen LogP contribution is 2.33. The molecule has 1 heterocycles. The summed E-state index contributed by atoms with van der Waals surface area (Å²) in [4.78, 5) is 49.9. The Labute approximate surface area is 288 Å². The maximum atomic E-state index is 14.1. The van der Waals surface area contributed by atoms with Crippen molar-refractivity contribution >= 4 is 40.3 Å². The van der Waals surface area contributed by atoms with Gasteiger partial charge in [-0.05, 0) is 96.4 Å². The monoisotopic (exact) mass is 737 g/mol. The van der Waals surface area contributed by atoms with E-state index in [1.54, 1.807) is 0 Å². The molecule has 1 fully saturated rings. The van der Waals surface area contributed by atoms with E-state index in [0.717, 1.165) is 39.5 Å². The Balaban J connectivity index is 1.52. The van der Waals surface area contributed by atoms with Crippen LogP contribution >= 0.6 is 22.6 Å². The minimum Gasteiger partial charge on any atom is -0.344 e. The maximum Gasteiger partial charge on any atom is 0.247 e. The predicted molar refractivity (Wildman–Crippen MR) is 190 cm³/mol. The molecule has 246 valence electrons. The zero-order chi connectivity index (χ0) is 33.1. The summed E-state index contributed by atoms with van der Waals surface area (Å²) >= 11 is 2.28. The Morgan fingerprint density at radius 2 is 1.59 bits per heavy atom. The van der Waals surface area contributed by atoms with Crippen molar-refractivity contribution in [2.45, 2.75) is 84.4 Å². The van der Waals surface area contributed by atoms with Gasteiger partial charge in [0.05, 0.1) is 5.92 Å². The first-order valence-electron chi connectivity index (χ1n) is 16.5. The first-order valence-corrected chi connectivity index (χ1v) is 17.6. The molecule has 0 aliphatic carbocycles. The van der Waals surface area contributed by atoms with Crippen LogP contribution in [-0.2, 0) is 31.4 Å². The molecule has 0 bridgehead atoms. The average molecular weight is 738 g/mol. The van der Waals surface area contributed by atoms with Gasteiger partial charge in [0.25, 0.3) is 0 Å². The van der Waals surface area contributed by atoms with E-state index in [1.807, 2.05) is 97.6 Å². The van der Waals surface area contributed by atoms with E-state index < -0.39 is 23.5 Å². The zero-order valence-corrected chi connectivity index (χ0v) is 29.7. The molecular formula is C38H48IN3O4. The van der Waals surface area contributed by atoms with Crippen LogP contribution in [0.1, 0.15) is 82.9 Å². The molecular weight excluding hydrogens is 689 g/mol. The third kappa shape index (κ3) is 9.41. The number of nitrogens with zero attached hydrogens (tertiary/aromatic N) is 1. The number of hydrogen-bond donors (Lipinski definition) is 2. The van der Waals surface area contributed by atoms with E-state index in [0.29, 0.717) is 32.4 Å². The molecule has 8 heteroatoms. The maximum absolute atomic E-state index is 14.1. The minimum absolute atomic E-state index is 0.0608. The molecule has 7 nitrogen and oxygen atoms in total. The molecule has 4 rings (SSSR count). The molecule has 3 amide bonds. The number of carbonyl (C=O) groups is 3. The van der Waals surface area contributed by atoms with Crippen LogP contribution in [0.2, 0.25) is 0 Å². The van der Waals surface area contributed by atoms with Gasteiger partial charge < -0.3 is 10.2 Å². The fourth-order valence-corrected chi connectivity index (χ4v) is 6.95. The molecule has 2 N–H and O–H groups in total. The SMILES string of the molecule is CCCC(C(=O)NOC(C)(c1ccccc1)c1ccccc1)C(CC(C)C)C(=O)NC1CCCCN(Cc2cccc(I)c2)C1=O. The van der Waals surface area contributed by atoms with E-state index in [1.165, 1.54) is 0 Å². The van der Waals surface area contributed by atoms with Crippen molar-refractivity contribution in [3.8, 4) is 0 Å². The van der Waals surface area contributed by atoms with E-state index in [-0.39, 0.29) is 23.6 Å². The van der Waals surface area contributed by atoms with Crippen LogP contribution in [-0.4, -0.2) is 35.2 Å². The van der Waals surface area contributed by atoms with Gasteiger partial charge in [-0.15, -0.1) is 0 Å². The summed E-state index contributed by atoms with van der Waals surface area (Å²) in [6.45, 7) is 9.23. The fraction of sp³-hybridized carbons (Fsp3) is 0.447. The highest BCUT2D eigenvalue weighted by molar-refractivity contribution is 14.1. The third-order valence-corrected chi connectivity index (χ3v) is 9.52. The van der Waals surface area contributed by atoms with Crippen molar-refractivity contribution < 1.29 is 19.2 Å². The third-order valence-electron chi connectivity index (χ3n) is 8.85. The van der Waals surface area contributed by atoms with Crippen molar-refractivity contribution in [2.24, 2.45) is 17.8 Å². The second-order valence-electron chi connectivity index (χ2n) is 12.9. The molecule has 0 spiro atoms. The van der Waals surface area contributed by atoms with Crippen LogP contribution in [0.25, 0.3) is 0 Å². The molecule has 3 unspecified atom stereocenters. The Morgan fingerprint density at radius 1 is 0.935 bits per heavy atom. The molecule has 1 aliphatic heterocycles. The highest BCUT2D eigenvalue weighted by Gasteiger charge is 2.38. The van der Waals surface area contributed by atoms with Crippen LogP contribution in [0.3, 0.4) is 0 Å². The summed E-state index contributed by atoms with van der Waals surface area (Å²) in [6, 6.07) is 27.1.